The quantitative estimate of drug-likeness (QED) is 0.146. The van der Waals surface area contributed by atoms with E-state index in [-0.39, 0.29) is 5.56 Å². The zero-order valence-corrected chi connectivity index (χ0v) is 23.1. The second-order valence-corrected chi connectivity index (χ2v) is 10.3. The summed E-state index contributed by atoms with van der Waals surface area (Å²) in [6.45, 7) is 4.40. The molecule has 6 atom stereocenters. The number of carbonyl (C=O) groups excluding carboxylic acids is 1. The van der Waals surface area contributed by atoms with Crippen molar-refractivity contribution in [2.75, 3.05) is 25.0 Å². The van der Waals surface area contributed by atoms with Crippen molar-refractivity contribution in [1.29, 1.82) is 0 Å². The van der Waals surface area contributed by atoms with Gasteiger partial charge in [-0.25, -0.2) is 9.59 Å². The minimum atomic E-state index is -1.88. The third kappa shape index (κ3) is 7.82. The number of aliphatic carboxylic acids is 1. The zero-order valence-electron chi connectivity index (χ0n) is 22.3. The fourth-order valence-corrected chi connectivity index (χ4v) is 4.70. The molecule has 3 aromatic rings. The van der Waals surface area contributed by atoms with Crippen molar-refractivity contribution >= 4 is 29.2 Å². The van der Waals surface area contributed by atoms with Gasteiger partial charge in [-0.1, -0.05) is 54.9 Å². The van der Waals surface area contributed by atoms with Gasteiger partial charge in [0.15, 0.2) is 6.10 Å². The molecule has 6 N–H and O–H groups in total. The van der Waals surface area contributed by atoms with Crippen molar-refractivity contribution in [2.24, 2.45) is 0 Å². The second-order valence-electron chi connectivity index (χ2n) is 9.89. The molecule has 41 heavy (non-hydrogen) atoms. The first-order chi connectivity index (χ1) is 19.6. The number of nitrogens with one attached hydrogen (secondary N) is 2. The van der Waals surface area contributed by atoms with E-state index in [1.165, 1.54) is 11.6 Å². The van der Waals surface area contributed by atoms with Crippen LogP contribution in [0.5, 0.6) is 0 Å². The van der Waals surface area contributed by atoms with Crippen molar-refractivity contribution < 1.29 is 39.5 Å². The largest absolute Gasteiger partial charge is 0.479 e. The summed E-state index contributed by atoms with van der Waals surface area (Å²) in [5, 5.41) is 46.7. The molecule has 0 aliphatic carbocycles. The molecular weight excluding hydrogens is 552 g/mol. The van der Waals surface area contributed by atoms with Crippen molar-refractivity contribution in [1.82, 2.24) is 5.32 Å². The van der Waals surface area contributed by atoms with Gasteiger partial charge in [0.05, 0.1) is 5.56 Å². The molecule has 1 aliphatic heterocycles. The number of halogens is 1. The van der Waals surface area contributed by atoms with Gasteiger partial charge in [-0.05, 0) is 59.0 Å². The van der Waals surface area contributed by atoms with Crippen LogP contribution in [0.15, 0.2) is 72.8 Å². The van der Waals surface area contributed by atoms with E-state index in [1.54, 1.807) is 12.1 Å². The molecule has 4 rings (SSSR count). The summed E-state index contributed by atoms with van der Waals surface area (Å²) < 4.78 is 10.2. The third-order valence-corrected chi connectivity index (χ3v) is 7.06. The molecule has 0 spiro atoms. The maximum Gasteiger partial charge on any atom is 0.340 e. The third-order valence-electron chi connectivity index (χ3n) is 6.83. The number of carboxylic acids is 1. The lowest BCUT2D eigenvalue weighted by molar-refractivity contribution is -0.278. The van der Waals surface area contributed by atoms with Gasteiger partial charge in [0.2, 0.25) is 6.29 Å². The van der Waals surface area contributed by atoms with Crippen LogP contribution in [0.4, 0.5) is 5.69 Å². The highest BCUT2D eigenvalue weighted by Crippen LogP contribution is 2.26. The Labute approximate surface area is 242 Å². The van der Waals surface area contributed by atoms with Gasteiger partial charge in [0.1, 0.15) is 18.3 Å². The van der Waals surface area contributed by atoms with Crippen LogP contribution in [-0.2, 0) is 14.3 Å². The number of ether oxygens (including phenoxy) is 2. The van der Waals surface area contributed by atoms with Crippen LogP contribution in [0.1, 0.15) is 28.8 Å². The molecular formula is C30H33ClN2O8. The second kappa shape index (κ2) is 13.9. The van der Waals surface area contributed by atoms with Crippen molar-refractivity contribution in [3.05, 3.63) is 88.9 Å². The van der Waals surface area contributed by atoms with Crippen LogP contribution in [0.25, 0.3) is 11.1 Å². The minimum absolute atomic E-state index is 0.127. The number of hydrogen-bond acceptors (Lipinski definition) is 9. The van der Waals surface area contributed by atoms with Crippen LogP contribution < -0.4 is 10.6 Å². The van der Waals surface area contributed by atoms with E-state index in [0.717, 1.165) is 34.9 Å². The monoisotopic (exact) mass is 584 g/mol. The van der Waals surface area contributed by atoms with Gasteiger partial charge in [-0.3, -0.25) is 0 Å². The molecule has 0 saturated carbocycles. The fraction of sp³-hybridized carbons (Fsp3) is 0.333. The predicted molar refractivity (Wildman–Crippen MR) is 153 cm³/mol. The van der Waals surface area contributed by atoms with Crippen LogP contribution in [0.2, 0.25) is 5.02 Å². The number of carbonyl (C=O) groups is 2. The summed E-state index contributed by atoms with van der Waals surface area (Å²) >= 11 is 6.09. The molecule has 1 saturated heterocycles. The van der Waals surface area contributed by atoms with Gasteiger partial charge in [0.25, 0.3) is 0 Å². The maximum atomic E-state index is 12.8. The highest BCUT2D eigenvalue weighted by Gasteiger charge is 2.48. The van der Waals surface area contributed by atoms with E-state index >= 15 is 0 Å². The van der Waals surface area contributed by atoms with Gasteiger partial charge >= 0.3 is 11.9 Å². The average Bonchev–Trinajstić information content (AvgIpc) is 2.97. The minimum Gasteiger partial charge on any atom is -0.479 e. The molecule has 0 amide bonds. The van der Waals surface area contributed by atoms with Gasteiger partial charge < -0.3 is 40.5 Å². The van der Waals surface area contributed by atoms with Crippen LogP contribution in [0, 0.1) is 0 Å². The maximum absolute atomic E-state index is 12.8. The lowest BCUT2D eigenvalue weighted by Crippen LogP contribution is -2.60. The van der Waals surface area contributed by atoms with E-state index in [4.69, 9.17) is 21.1 Å². The summed E-state index contributed by atoms with van der Waals surface area (Å²) in [6, 6.07) is 22.1. The number of rotatable bonds is 11. The van der Waals surface area contributed by atoms with Crippen LogP contribution >= 0.6 is 11.6 Å². The van der Waals surface area contributed by atoms with Crippen LogP contribution in [-0.4, -0.2) is 82.7 Å². The Morgan fingerprint density at radius 2 is 1.63 bits per heavy atom. The van der Waals surface area contributed by atoms with Gasteiger partial charge in [0, 0.05) is 30.3 Å². The van der Waals surface area contributed by atoms with Gasteiger partial charge in [-0.2, -0.15) is 0 Å². The lowest BCUT2D eigenvalue weighted by Gasteiger charge is -2.37. The zero-order chi connectivity index (χ0) is 29.5. The van der Waals surface area contributed by atoms with Crippen LogP contribution in [0.3, 0.4) is 0 Å². The molecule has 218 valence electrons. The Balaban J connectivity index is 1.32. The highest BCUT2D eigenvalue weighted by atomic mass is 35.5. The van der Waals surface area contributed by atoms with Gasteiger partial charge in [-0.15, -0.1) is 0 Å². The molecule has 0 bridgehead atoms. The summed E-state index contributed by atoms with van der Waals surface area (Å²) in [5.74, 6) is -2.14. The number of anilines is 1. The molecule has 1 aliphatic rings. The molecule has 3 aromatic carbocycles. The Hall–Kier alpha value is -3.51. The molecule has 0 unspecified atom stereocenters. The number of carboxylic acid groups (broad SMARTS) is 1. The van der Waals surface area contributed by atoms with E-state index in [0.29, 0.717) is 12.5 Å². The fourth-order valence-electron chi connectivity index (χ4n) is 4.50. The standard InChI is InChI=1S/C30H33ClN2O8/c1-17(18-5-3-9-22(31)14-18)16-32-11-12-33-23-10-4-7-20(15-23)19-6-2-8-21(13-19)29(39)41-30-26(36)24(34)25(35)27(40-30)28(37)38/h2-10,13-15,17,24-27,30,32-36H,11-12,16H2,1H3,(H,37,38)/t17-,24-,25-,26+,27-,30-/m0/s1. The first-order valence-corrected chi connectivity index (χ1v) is 13.6. The highest BCUT2D eigenvalue weighted by molar-refractivity contribution is 6.30. The van der Waals surface area contributed by atoms with Crippen molar-refractivity contribution in [3.8, 4) is 11.1 Å². The molecule has 0 radical (unpaired) electrons. The average molecular weight is 585 g/mol. The number of hydrogen-bond donors (Lipinski definition) is 6. The number of benzene rings is 3. The first-order valence-electron chi connectivity index (χ1n) is 13.2. The Kier molecular flexibility index (Phi) is 10.3. The molecule has 1 heterocycles. The summed E-state index contributed by atoms with van der Waals surface area (Å²) in [6.07, 6.45) is -9.22. The number of aliphatic hydroxyl groups excluding tert-OH is 3. The predicted octanol–water partition coefficient (Wildman–Crippen LogP) is 2.86. The number of esters is 1. The Bertz CT molecular complexity index is 1360. The Morgan fingerprint density at radius 1 is 0.927 bits per heavy atom. The lowest BCUT2D eigenvalue weighted by atomic mass is 9.99. The van der Waals surface area contributed by atoms with E-state index in [9.17, 15) is 30.0 Å². The topological polar surface area (TPSA) is 158 Å². The van der Waals surface area contributed by atoms with Crippen molar-refractivity contribution in [2.45, 2.75) is 43.5 Å². The summed E-state index contributed by atoms with van der Waals surface area (Å²) in [7, 11) is 0. The SMILES string of the molecule is C[C@@H](CNCCNc1cccc(-c2cccc(C(=O)O[C@@H]3O[C@H](C(=O)O)[C@@H](O)[C@H](O)[C@H]3O)c2)c1)c1cccc(Cl)c1. The first kappa shape index (κ1) is 30.4. The summed E-state index contributed by atoms with van der Waals surface area (Å²) in [4.78, 5) is 24.1. The molecule has 1 fully saturated rings. The van der Waals surface area contributed by atoms with E-state index < -0.39 is 42.6 Å². The van der Waals surface area contributed by atoms with E-state index in [2.05, 4.69) is 23.6 Å². The van der Waals surface area contributed by atoms with E-state index in [1.807, 2.05) is 48.5 Å². The molecule has 0 aromatic heterocycles. The molecule has 10 nitrogen and oxygen atoms in total. The smallest absolute Gasteiger partial charge is 0.340 e. The van der Waals surface area contributed by atoms with Crippen molar-refractivity contribution in [3.63, 3.8) is 0 Å². The summed E-state index contributed by atoms with van der Waals surface area (Å²) in [5.41, 5.74) is 3.76. The normalized spacial score (nSPS) is 23.0. The molecule has 11 heteroatoms. The number of aliphatic hydroxyl groups is 3. The Morgan fingerprint density at radius 3 is 2.37 bits per heavy atom.